The van der Waals surface area contributed by atoms with Crippen LogP contribution in [0.25, 0.3) is 11.1 Å². The monoisotopic (exact) mass is 469 g/mol. The van der Waals surface area contributed by atoms with E-state index in [2.05, 4.69) is 10.2 Å². The first-order chi connectivity index (χ1) is 15.4. The van der Waals surface area contributed by atoms with Crippen LogP contribution < -0.4 is 10.2 Å². The Balaban J connectivity index is 1.65. The lowest BCUT2D eigenvalue weighted by Crippen LogP contribution is -2.35. The van der Waals surface area contributed by atoms with Crippen LogP contribution in [0.1, 0.15) is 20.0 Å². The molecule has 1 fully saturated rings. The highest BCUT2D eigenvalue weighted by Gasteiger charge is 2.22. The highest BCUT2D eigenvalue weighted by Crippen LogP contribution is 2.40. The molecule has 2 heterocycles. The lowest BCUT2D eigenvalue weighted by molar-refractivity contribution is 0.0827. The minimum atomic E-state index is -0.261. The van der Waals surface area contributed by atoms with Gasteiger partial charge in [0, 0.05) is 38.3 Å². The molecule has 1 saturated heterocycles. The molecule has 2 amide bonds. The summed E-state index contributed by atoms with van der Waals surface area (Å²) in [5, 5.41) is 4.31. The molecule has 0 atom stereocenters. The number of benzene rings is 2. The molecule has 32 heavy (non-hydrogen) atoms. The predicted molar refractivity (Wildman–Crippen MR) is 130 cm³/mol. The van der Waals surface area contributed by atoms with Gasteiger partial charge in [0.05, 0.1) is 33.8 Å². The van der Waals surface area contributed by atoms with Gasteiger partial charge in [-0.25, -0.2) is 0 Å². The van der Waals surface area contributed by atoms with Crippen molar-refractivity contribution in [2.75, 3.05) is 50.6 Å². The van der Waals surface area contributed by atoms with Crippen molar-refractivity contribution in [3.8, 4) is 11.1 Å². The molecule has 0 aliphatic carbocycles. The molecule has 3 aromatic rings. The van der Waals surface area contributed by atoms with Crippen LogP contribution in [0.5, 0.6) is 0 Å². The smallest absolute Gasteiger partial charge is 0.265 e. The molecule has 1 aliphatic heterocycles. The maximum Gasteiger partial charge on any atom is 0.265 e. The Morgan fingerprint density at radius 3 is 2.47 bits per heavy atom. The van der Waals surface area contributed by atoms with Crippen molar-refractivity contribution in [3.63, 3.8) is 0 Å². The first kappa shape index (κ1) is 22.3. The molecule has 0 unspecified atom stereocenters. The summed E-state index contributed by atoms with van der Waals surface area (Å²) < 4.78 is 5.50. The Kier molecular flexibility index (Phi) is 6.79. The maximum absolute atomic E-state index is 13.2. The van der Waals surface area contributed by atoms with Crippen molar-refractivity contribution < 1.29 is 14.3 Å². The molecule has 0 bridgehead atoms. The zero-order chi connectivity index (χ0) is 22.7. The number of ether oxygens (including phenoxy) is 1. The maximum atomic E-state index is 13.2. The predicted octanol–water partition coefficient (Wildman–Crippen LogP) is 4.86. The minimum Gasteiger partial charge on any atom is -0.378 e. The third-order valence-corrected chi connectivity index (χ3v) is 6.71. The minimum absolute atomic E-state index is 0.158. The summed E-state index contributed by atoms with van der Waals surface area (Å²) in [5.41, 5.74) is 2.94. The van der Waals surface area contributed by atoms with E-state index in [0.717, 1.165) is 29.2 Å². The van der Waals surface area contributed by atoms with Gasteiger partial charge < -0.3 is 19.9 Å². The van der Waals surface area contributed by atoms with Crippen LogP contribution in [0.2, 0.25) is 5.02 Å². The zero-order valence-corrected chi connectivity index (χ0v) is 19.5. The Bertz CT molecular complexity index is 1120. The first-order valence-electron chi connectivity index (χ1n) is 10.3. The summed E-state index contributed by atoms with van der Waals surface area (Å²) in [5.74, 6) is -0.419. The number of halogens is 1. The van der Waals surface area contributed by atoms with Gasteiger partial charge in [-0.05, 0) is 29.8 Å². The largest absolute Gasteiger partial charge is 0.378 e. The second kappa shape index (κ2) is 9.73. The van der Waals surface area contributed by atoms with Gasteiger partial charge in [0.15, 0.2) is 0 Å². The molecule has 1 aromatic heterocycles. The number of hydrogen-bond donors (Lipinski definition) is 1. The van der Waals surface area contributed by atoms with Gasteiger partial charge in [-0.2, -0.15) is 0 Å². The van der Waals surface area contributed by atoms with Crippen molar-refractivity contribution >= 4 is 45.4 Å². The van der Waals surface area contributed by atoms with Crippen molar-refractivity contribution in [1.29, 1.82) is 0 Å². The van der Waals surface area contributed by atoms with Gasteiger partial charge in [-0.1, -0.05) is 41.9 Å². The molecule has 1 N–H and O–H groups in total. The third-order valence-electron chi connectivity index (χ3n) is 5.19. The fraction of sp³-hybridized carbons (Fsp3) is 0.250. The normalized spacial score (nSPS) is 13.7. The van der Waals surface area contributed by atoms with Crippen molar-refractivity contribution in [2.24, 2.45) is 0 Å². The van der Waals surface area contributed by atoms with E-state index in [1.54, 1.807) is 32.3 Å². The molecule has 0 saturated carbocycles. The molecule has 2 aromatic carbocycles. The lowest BCUT2D eigenvalue weighted by Gasteiger charge is -2.28. The van der Waals surface area contributed by atoms with Gasteiger partial charge >= 0.3 is 0 Å². The van der Waals surface area contributed by atoms with E-state index in [9.17, 15) is 9.59 Å². The van der Waals surface area contributed by atoms with E-state index < -0.39 is 0 Å². The zero-order valence-electron chi connectivity index (χ0n) is 17.9. The average Bonchev–Trinajstić information content (AvgIpc) is 3.27. The Morgan fingerprint density at radius 1 is 1.06 bits per heavy atom. The van der Waals surface area contributed by atoms with Crippen molar-refractivity contribution in [1.82, 2.24) is 4.90 Å². The molecule has 4 rings (SSSR count). The molecule has 6 nitrogen and oxygen atoms in total. The molecule has 1 aliphatic rings. The molecule has 0 radical (unpaired) electrons. The fourth-order valence-electron chi connectivity index (χ4n) is 3.52. The summed E-state index contributed by atoms with van der Waals surface area (Å²) >= 11 is 7.76. The highest BCUT2D eigenvalue weighted by atomic mass is 35.5. The van der Waals surface area contributed by atoms with E-state index in [-0.39, 0.29) is 11.8 Å². The molecular formula is C24H24ClN3O3S. The second-order valence-corrected chi connectivity index (χ2v) is 9.08. The number of carbonyl (C=O) groups excluding carboxylic acids is 2. The Hall–Kier alpha value is -2.87. The summed E-state index contributed by atoms with van der Waals surface area (Å²) in [6.07, 6.45) is 0. The quantitative estimate of drug-likeness (QED) is 0.579. The van der Waals surface area contributed by atoms with Crippen LogP contribution in [0, 0.1) is 0 Å². The van der Waals surface area contributed by atoms with Crippen LogP contribution in [-0.2, 0) is 4.74 Å². The van der Waals surface area contributed by atoms with Gasteiger partial charge in [-0.3, -0.25) is 9.59 Å². The molecular weight excluding hydrogens is 446 g/mol. The molecule has 0 spiro atoms. The van der Waals surface area contributed by atoms with Crippen LogP contribution >= 0.6 is 22.9 Å². The highest BCUT2D eigenvalue weighted by molar-refractivity contribution is 7.18. The average molecular weight is 470 g/mol. The van der Waals surface area contributed by atoms with Crippen molar-refractivity contribution in [2.45, 2.75) is 0 Å². The SMILES string of the molecule is CN(C)C(=O)c1ccc(Cl)c(NC(=O)c2cc(-c3ccccc3)c(N3CCOCC3)s2)c1. The number of amides is 2. The number of nitrogens with one attached hydrogen (secondary N) is 1. The third kappa shape index (κ3) is 4.80. The summed E-state index contributed by atoms with van der Waals surface area (Å²) in [6.45, 7) is 2.88. The standard InChI is InChI=1S/C24H24ClN3O3S/c1-27(2)23(30)17-8-9-19(25)20(14-17)26-22(29)21-15-18(16-6-4-3-5-7-16)24(32-21)28-10-12-31-13-11-28/h3-9,14-15H,10-13H2,1-2H3,(H,26,29). The van der Waals surface area contributed by atoms with Crippen molar-refractivity contribution in [3.05, 3.63) is 70.1 Å². The van der Waals surface area contributed by atoms with Gasteiger partial charge in [0.1, 0.15) is 0 Å². The number of thiophene rings is 1. The Labute approximate surface area is 196 Å². The molecule has 166 valence electrons. The first-order valence-corrected chi connectivity index (χ1v) is 11.5. The van der Waals surface area contributed by atoms with E-state index in [0.29, 0.717) is 34.4 Å². The van der Waals surface area contributed by atoms with Crippen LogP contribution in [-0.4, -0.2) is 57.1 Å². The van der Waals surface area contributed by atoms with E-state index in [1.807, 2.05) is 36.4 Å². The van der Waals surface area contributed by atoms with Crippen LogP contribution in [0.15, 0.2) is 54.6 Å². The van der Waals surface area contributed by atoms with Gasteiger partial charge in [0.25, 0.3) is 11.8 Å². The summed E-state index contributed by atoms with van der Waals surface area (Å²) in [7, 11) is 3.36. The van der Waals surface area contributed by atoms with E-state index in [4.69, 9.17) is 16.3 Å². The number of rotatable bonds is 5. The van der Waals surface area contributed by atoms with Crippen LogP contribution in [0.4, 0.5) is 10.7 Å². The lowest BCUT2D eigenvalue weighted by atomic mass is 10.1. The second-order valence-electron chi connectivity index (χ2n) is 7.64. The fourth-order valence-corrected chi connectivity index (χ4v) is 4.81. The summed E-state index contributed by atoms with van der Waals surface area (Å²) in [4.78, 5) is 29.8. The number of hydrogen-bond acceptors (Lipinski definition) is 5. The number of morpholine rings is 1. The van der Waals surface area contributed by atoms with Gasteiger partial charge in [-0.15, -0.1) is 11.3 Å². The number of anilines is 2. The van der Waals surface area contributed by atoms with E-state index >= 15 is 0 Å². The molecule has 8 heteroatoms. The van der Waals surface area contributed by atoms with Crippen LogP contribution in [0.3, 0.4) is 0 Å². The Morgan fingerprint density at radius 2 is 1.78 bits per heavy atom. The number of nitrogens with zero attached hydrogens (tertiary/aromatic N) is 2. The topological polar surface area (TPSA) is 61.9 Å². The van der Waals surface area contributed by atoms with E-state index in [1.165, 1.54) is 16.2 Å². The summed E-state index contributed by atoms with van der Waals surface area (Å²) in [6, 6.07) is 16.8. The number of carbonyl (C=O) groups is 2. The van der Waals surface area contributed by atoms with Gasteiger partial charge in [0.2, 0.25) is 0 Å².